The minimum absolute atomic E-state index is 0.0519. The van der Waals surface area contributed by atoms with Crippen LogP contribution in [-0.2, 0) is 21.2 Å². The number of benzene rings is 2. The van der Waals surface area contributed by atoms with Gasteiger partial charge in [0.25, 0.3) is 0 Å². The number of fused-ring (bicyclic) bond motifs is 1. The summed E-state index contributed by atoms with van der Waals surface area (Å²) in [5.74, 6) is -0.448. The van der Waals surface area contributed by atoms with Crippen molar-refractivity contribution in [2.24, 2.45) is 0 Å². The summed E-state index contributed by atoms with van der Waals surface area (Å²) in [6, 6.07) is 15.0. The molecule has 0 unspecified atom stereocenters. The highest BCUT2D eigenvalue weighted by molar-refractivity contribution is 7.91. The van der Waals surface area contributed by atoms with Gasteiger partial charge < -0.3 is 9.88 Å². The summed E-state index contributed by atoms with van der Waals surface area (Å²) in [6.07, 6.45) is 1.19. The number of hydrogen-bond acceptors (Lipinski definition) is 5. The molecular weight excluding hydrogens is 474 g/mol. The van der Waals surface area contributed by atoms with Gasteiger partial charge in [-0.2, -0.15) is 0 Å². The summed E-state index contributed by atoms with van der Waals surface area (Å²) < 4.78 is 28.5. The average Bonchev–Trinajstić information content (AvgIpc) is 2.78. The van der Waals surface area contributed by atoms with Crippen molar-refractivity contribution in [3.05, 3.63) is 92.9 Å². The predicted octanol–water partition coefficient (Wildman–Crippen LogP) is 4.45. The summed E-state index contributed by atoms with van der Waals surface area (Å²) in [5, 5.41) is 3.19. The van der Waals surface area contributed by atoms with Crippen LogP contribution in [0.1, 0.15) is 16.8 Å². The molecule has 4 aromatic rings. The van der Waals surface area contributed by atoms with Crippen molar-refractivity contribution in [1.29, 1.82) is 0 Å². The molecule has 0 bridgehead atoms. The molecule has 174 valence electrons. The van der Waals surface area contributed by atoms with E-state index in [1.54, 1.807) is 63.2 Å². The first-order chi connectivity index (χ1) is 16.1. The van der Waals surface area contributed by atoms with Crippen LogP contribution >= 0.6 is 11.6 Å². The third-order valence-electron chi connectivity index (χ3n) is 5.41. The second-order valence-electron chi connectivity index (χ2n) is 8.07. The zero-order valence-electron chi connectivity index (χ0n) is 18.8. The van der Waals surface area contributed by atoms with Crippen LogP contribution in [0.25, 0.3) is 11.0 Å². The summed E-state index contributed by atoms with van der Waals surface area (Å²) in [4.78, 5) is 30.2. The second kappa shape index (κ2) is 9.04. The average molecular weight is 496 g/mol. The minimum Gasteiger partial charge on any atom is -0.323 e. The highest BCUT2D eigenvalue weighted by atomic mass is 35.5. The van der Waals surface area contributed by atoms with Crippen molar-refractivity contribution in [2.75, 3.05) is 5.32 Å². The zero-order valence-corrected chi connectivity index (χ0v) is 20.4. The molecule has 0 radical (unpaired) electrons. The van der Waals surface area contributed by atoms with Crippen LogP contribution in [0.5, 0.6) is 0 Å². The summed E-state index contributed by atoms with van der Waals surface area (Å²) in [7, 11) is -4.16. The molecule has 1 amide bonds. The van der Waals surface area contributed by atoms with Crippen molar-refractivity contribution < 1.29 is 13.2 Å². The number of carbonyl (C=O) groups is 1. The maximum atomic E-state index is 13.6. The van der Waals surface area contributed by atoms with E-state index in [9.17, 15) is 18.0 Å². The van der Waals surface area contributed by atoms with Gasteiger partial charge in [0, 0.05) is 11.9 Å². The molecule has 0 spiro atoms. The number of rotatable bonds is 5. The number of nitrogens with one attached hydrogen (secondary N) is 1. The Balaban J connectivity index is 1.87. The van der Waals surface area contributed by atoms with Gasteiger partial charge in [0.2, 0.25) is 21.2 Å². The van der Waals surface area contributed by atoms with E-state index in [0.717, 1.165) is 5.56 Å². The van der Waals surface area contributed by atoms with Crippen LogP contribution in [-0.4, -0.2) is 23.9 Å². The van der Waals surface area contributed by atoms with Crippen LogP contribution < -0.4 is 10.7 Å². The molecule has 2 aromatic heterocycles. The zero-order chi connectivity index (χ0) is 24.6. The molecule has 9 heteroatoms. The number of aromatic nitrogens is 2. The molecule has 0 aliphatic carbocycles. The van der Waals surface area contributed by atoms with Gasteiger partial charge in [-0.3, -0.25) is 9.59 Å². The molecule has 4 rings (SSSR count). The molecule has 1 N–H and O–H groups in total. The summed E-state index contributed by atoms with van der Waals surface area (Å²) in [5.41, 5.74) is 1.88. The van der Waals surface area contributed by atoms with Crippen molar-refractivity contribution >= 4 is 44.1 Å². The van der Waals surface area contributed by atoms with E-state index in [0.29, 0.717) is 22.0 Å². The normalized spacial score (nSPS) is 11.5. The molecule has 34 heavy (non-hydrogen) atoms. The fourth-order valence-corrected chi connectivity index (χ4v) is 5.54. The van der Waals surface area contributed by atoms with Crippen LogP contribution in [0.15, 0.2) is 75.4 Å². The maximum absolute atomic E-state index is 13.6. The number of para-hydroxylation sites is 1. The molecule has 0 atom stereocenters. The van der Waals surface area contributed by atoms with Gasteiger partial charge in [-0.1, -0.05) is 35.9 Å². The Kier molecular flexibility index (Phi) is 6.29. The van der Waals surface area contributed by atoms with Crippen LogP contribution in [0.3, 0.4) is 0 Å². The van der Waals surface area contributed by atoms with E-state index in [4.69, 9.17) is 11.6 Å². The summed E-state index contributed by atoms with van der Waals surface area (Å²) >= 11 is 6.13. The number of amides is 1. The van der Waals surface area contributed by atoms with Gasteiger partial charge in [-0.05, 0) is 62.2 Å². The monoisotopic (exact) mass is 495 g/mol. The first-order valence-electron chi connectivity index (χ1n) is 10.5. The lowest BCUT2D eigenvalue weighted by atomic mass is 10.2. The highest BCUT2D eigenvalue weighted by Crippen LogP contribution is 2.25. The lowest BCUT2D eigenvalue weighted by Crippen LogP contribution is -2.24. The lowest BCUT2D eigenvalue weighted by molar-refractivity contribution is -0.116. The largest absolute Gasteiger partial charge is 0.323 e. The Hall–Kier alpha value is -3.49. The van der Waals surface area contributed by atoms with Crippen molar-refractivity contribution in [3.63, 3.8) is 0 Å². The Morgan fingerprint density at radius 2 is 1.76 bits per heavy atom. The first kappa shape index (κ1) is 23.7. The fraction of sp³-hybridized carbons (Fsp3) is 0.160. The molecule has 0 saturated heterocycles. The Morgan fingerprint density at radius 1 is 1.03 bits per heavy atom. The molecule has 0 fully saturated rings. The number of sulfone groups is 1. The minimum atomic E-state index is -4.16. The number of halogens is 1. The molecule has 7 nitrogen and oxygen atoms in total. The third kappa shape index (κ3) is 4.47. The van der Waals surface area contributed by atoms with Gasteiger partial charge in [-0.15, -0.1) is 0 Å². The van der Waals surface area contributed by atoms with Gasteiger partial charge in [-0.25, -0.2) is 13.4 Å². The van der Waals surface area contributed by atoms with Gasteiger partial charge >= 0.3 is 0 Å². The third-order valence-corrected chi connectivity index (χ3v) is 7.63. The lowest BCUT2D eigenvalue weighted by Gasteiger charge is -2.15. The molecule has 0 aliphatic rings. The maximum Gasteiger partial charge on any atom is 0.244 e. The van der Waals surface area contributed by atoms with Gasteiger partial charge in [0.1, 0.15) is 17.1 Å². The van der Waals surface area contributed by atoms with Crippen LogP contribution in [0, 0.1) is 20.8 Å². The highest BCUT2D eigenvalue weighted by Gasteiger charge is 2.26. The van der Waals surface area contributed by atoms with Crippen LogP contribution in [0.4, 0.5) is 5.69 Å². The van der Waals surface area contributed by atoms with E-state index in [1.807, 2.05) is 0 Å². The molecule has 2 aromatic carbocycles. The van der Waals surface area contributed by atoms with E-state index in [2.05, 4.69) is 10.3 Å². The number of hydrogen-bond donors (Lipinski definition) is 1. The summed E-state index contributed by atoms with van der Waals surface area (Å²) in [6.45, 7) is 4.93. The quantitative estimate of drug-likeness (QED) is 0.441. The fourth-order valence-electron chi connectivity index (χ4n) is 3.67. The topological polar surface area (TPSA) is 98.1 Å². The van der Waals surface area contributed by atoms with Crippen molar-refractivity contribution in [2.45, 2.75) is 37.1 Å². The van der Waals surface area contributed by atoms with Crippen molar-refractivity contribution in [3.8, 4) is 0 Å². The molecule has 0 aliphatic heterocycles. The Labute approximate surface area is 202 Å². The molecule has 0 saturated carbocycles. The predicted molar refractivity (Wildman–Crippen MR) is 132 cm³/mol. The standard InChI is InChI=1S/C25H22ClN3O4S/c1-15-8-9-16(2)21(12-15)34(32,33)22-13-29(25-18(24(22)31)11-10-17(3)27-25)14-23(30)28-20-7-5-4-6-19(20)26/h4-13H,14H2,1-3H3,(H,28,30). The van der Waals surface area contributed by atoms with Gasteiger partial charge in [0.15, 0.2) is 0 Å². The number of anilines is 1. The Bertz CT molecular complexity index is 1610. The SMILES string of the molecule is Cc1ccc(C)c(S(=O)(=O)c2cn(CC(=O)Nc3ccccc3Cl)c3nc(C)ccc3c2=O)c1. The van der Waals surface area contributed by atoms with E-state index < -0.39 is 26.1 Å². The molecular formula is C25H22ClN3O4S. The van der Waals surface area contributed by atoms with E-state index in [-0.39, 0.29) is 22.5 Å². The first-order valence-corrected chi connectivity index (χ1v) is 12.3. The second-order valence-corrected chi connectivity index (χ2v) is 10.4. The molecule has 2 heterocycles. The van der Waals surface area contributed by atoms with Crippen molar-refractivity contribution in [1.82, 2.24) is 9.55 Å². The number of aryl methyl sites for hydroxylation is 3. The smallest absolute Gasteiger partial charge is 0.244 e. The van der Waals surface area contributed by atoms with E-state index in [1.165, 1.54) is 22.9 Å². The Morgan fingerprint density at radius 3 is 2.50 bits per heavy atom. The number of nitrogens with zero attached hydrogens (tertiary/aromatic N) is 2. The van der Waals surface area contributed by atoms with Gasteiger partial charge in [0.05, 0.1) is 21.0 Å². The number of carbonyl (C=O) groups excluding carboxylic acids is 1. The van der Waals surface area contributed by atoms with E-state index >= 15 is 0 Å². The van der Waals surface area contributed by atoms with Crippen LogP contribution in [0.2, 0.25) is 5.02 Å². The number of pyridine rings is 2.